The molecule has 2 heterocycles. The van der Waals surface area contributed by atoms with E-state index in [0.717, 1.165) is 49.6 Å². The number of fused-ring (bicyclic) bond motifs is 1. The minimum atomic E-state index is 0.115. The molecule has 1 aliphatic heterocycles. The fourth-order valence-electron chi connectivity index (χ4n) is 4.65. The highest BCUT2D eigenvalue weighted by molar-refractivity contribution is 5.90. The second kappa shape index (κ2) is 9.97. The maximum absolute atomic E-state index is 12.6. The molecule has 1 aliphatic carbocycles. The highest BCUT2D eigenvalue weighted by Crippen LogP contribution is 2.27. The number of anilines is 1. The first-order chi connectivity index (χ1) is 14.3. The summed E-state index contributed by atoms with van der Waals surface area (Å²) in [6.45, 7) is 2.84. The van der Waals surface area contributed by atoms with Crippen LogP contribution in [0, 0.1) is 5.92 Å². The van der Waals surface area contributed by atoms with E-state index in [0.29, 0.717) is 12.3 Å². The van der Waals surface area contributed by atoms with Gasteiger partial charge in [0, 0.05) is 31.6 Å². The van der Waals surface area contributed by atoms with Crippen LogP contribution in [0.1, 0.15) is 61.8 Å². The van der Waals surface area contributed by atoms with E-state index in [1.165, 1.54) is 44.1 Å². The van der Waals surface area contributed by atoms with Gasteiger partial charge in [-0.2, -0.15) is 0 Å². The third-order valence-corrected chi connectivity index (χ3v) is 6.35. The standard InChI is InChI=1S/C24H32N4O/c29-23(16-20-10-4-1-2-5-11-20)27-24-21-13-15-28(17-22(21)25-18-26-24)14-12-19-8-6-3-7-9-19/h3,6-9,18,20H,1-2,4-5,10-17H2,(H,25,26,27,29). The molecule has 0 unspecified atom stereocenters. The van der Waals surface area contributed by atoms with Crippen LogP contribution in [-0.2, 0) is 24.2 Å². The van der Waals surface area contributed by atoms with Gasteiger partial charge in [-0.05, 0) is 37.2 Å². The summed E-state index contributed by atoms with van der Waals surface area (Å²) in [6.07, 6.45) is 11.7. The first-order valence-electron chi connectivity index (χ1n) is 11.2. The van der Waals surface area contributed by atoms with Crippen molar-refractivity contribution in [2.75, 3.05) is 18.4 Å². The number of aromatic nitrogens is 2. The van der Waals surface area contributed by atoms with Crippen molar-refractivity contribution in [2.45, 2.75) is 64.3 Å². The third kappa shape index (κ3) is 5.63. The van der Waals surface area contributed by atoms with E-state index in [4.69, 9.17) is 0 Å². The van der Waals surface area contributed by atoms with Crippen LogP contribution in [0.25, 0.3) is 0 Å². The van der Waals surface area contributed by atoms with Crippen molar-refractivity contribution in [3.63, 3.8) is 0 Å². The van der Waals surface area contributed by atoms with Gasteiger partial charge in [0.2, 0.25) is 5.91 Å². The van der Waals surface area contributed by atoms with Crippen molar-refractivity contribution < 1.29 is 4.79 Å². The maximum atomic E-state index is 12.6. The summed E-state index contributed by atoms with van der Waals surface area (Å²) in [5, 5.41) is 3.10. The zero-order valence-electron chi connectivity index (χ0n) is 17.3. The number of benzene rings is 1. The molecule has 2 aromatic rings. The molecule has 0 spiro atoms. The molecule has 154 valence electrons. The lowest BCUT2D eigenvalue weighted by Crippen LogP contribution is -2.34. The normalized spacial score (nSPS) is 18.1. The Labute approximate surface area is 173 Å². The Balaban J connectivity index is 1.33. The molecular weight excluding hydrogens is 360 g/mol. The molecule has 0 atom stereocenters. The average Bonchev–Trinajstić information content (AvgIpc) is 3.01. The summed E-state index contributed by atoms with van der Waals surface area (Å²) in [7, 11) is 0. The van der Waals surface area contributed by atoms with Crippen molar-refractivity contribution in [1.29, 1.82) is 0 Å². The van der Waals surface area contributed by atoms with Gasteiger partial charge in [0.05, 0.1) is 5.69 Å². The Morgan fingerprint density at radius 1 is 1.07 bits per heavy atom. The molecule has 29 heavy (non-hydrogen) atoms. The smallest absolute Gasteiger partial charge is 0.225 e. The van der Waals surface area contributed by atoms with Crippen LogP contribution in [0.3, 0.4) is 0 Å². The van der Waals surface area contributed by atoms with Crippen LogP contribution in [0.4, 0.5) is 5.82 Å². The van der Waals surface area contributed by atoms with Gasteiger partial charge in [0.25, 0.3) is 0 Å². The van der Waals surface area contributed by atoms with E-state index >= 15 is 0 Å². The lowest BCUT2D eigenvalue weighted by atomic mass is 9.96. The molecule has 1 N–H and O–H groups in total. The van der Waals surface area contributed by atoms with Crippen molar-refractivity contribution >= 4 is 11.7 Å². The first kappa shape index (κ1) is 20.0. The summed E-state index contributed by atoms with van der Waals surface area (Å²) in [6, 6.07) is 10.6. The molecule has 0 radical (unpaired) electrons. The number of carbonyl (C=O) groups excluding carboxylic acids is 1. The Bertz CT molecular complexity index is 800. The van der Waals surface area contributed by atoms with Crippen molar-refractivity contribution in [2.24, 2.45) is 5.92 Å². The highest BCUT2D eigenvalue weighted by atomic mass is 16.1. The van der Waals surface area contributed by atoms with E-state index < -0.39 is 0 Å². The number of hydrogen-bond acceptors (Lipinski definition) is 4. The lowest BCUT2D eigenvalue weighted by molar-refractivity contribution is -0.117. The van der Waals surface area contributed by atoms with Gasteiger partial charge >= 0.3 is 0 Å². The number of nitrogens with one attached hydrogen (secondary N) is 1. The number of carbonyl (C=O) groups is 1. The Morgan fingerprint density at radius 3 is 2.66 bits per heavy atom. The van der Waals surface area contributed by atoms with Gasteiger partial charge in [-0.15, -0.1) is 0 Å². The maximum Gasteiger partial charge on any atom is 0.225 e. The van der Waals surface area contributed by atoms with E-state index in [1.54, 1.807) is 6.33 Å². The molecule has 4 rings (SSSR count). The molecule has 1 saturated carbocycles. The number of amides is 1. The predicted molar refractivity (Wildman–Crippen MR) is 116 cm³/mol. The second-order valence-electron chi connectivity index (χ2n) is 8.52. The van der Waals surface area contributed by atoms with Crippen LogP contribution in [0.2, 0.25) is 0 Å². The van der Waals surface area contributed by atoms with E-state index in [1.807, 2.05) is 0 Å². The van der Waals surface area contributed by atoms with Crippen LogP contribution < -0.4 is 5.32 Å². The molecule has 1 fully saturated rings. The SMILES string of the molecule is O=C(CC1CCCCCC1)Nc1ncnc2c1CCN(CCc1ccccc1)C2. The highest BCUT2D eigenvalue weighted by Gasteiger charge is 2.22. The molecule has 0 saturated heterocycles. The largest absolute Gasteiger partial charge is 0.310 e. The molecule has 2 aliphatic rings. The van der Waals surface area contributed by atoms with Gasteiger partial charge in [-0.1, -0.05) is 56.0 Å². The van der Waals surface area contributed by atoms with Gasteiger partial charge in [0.1, 0.15) is 12.1 Å². The minimum absolute atomic E-state index is 0.115. The van der Waals surface area contributed by atoms with E-state index in [-0.39, 0.29) is 5.91 Å². The van der Waals surface area contributed by atoms with Gasteiger partial charge < -0.3 is 5.32 Å². The lowest BCUT2D eigenvalue weighted by Gasteiger charge is -2.28. The van der Waals surface area contributed by atoms with Crippen LogP contribution >= 0.6 is 0 Å². The van der Waals surface area contributed by atoms with Crippen molar-refractivity contribution in [3.05, 3.63) is 53.5 Å². The summed E-state index contributed by atoms with van der Waals surface area (Å²) in [5.41, 5.74) is 3.55. The van der Waals surface area contributed by atoms with Crippen LogP contribution in [-0.4, -0.2) is 33.9 Å². The monoisotopic (exact) mass is 392 g/mol. The van der Waals surface area contributed by atoms with E-state index in [2.05, 4.69) is 50.5 Å². The molecule has 5 nitrogen and oxygen atoms in total. The van der Waals surface area contributed by atoms with Crippen molar-refractivity contribution in [1.82, 2.24) is 14.9 Å². The van der Waals surface area contributed by atoms with Crippen LogP contribution in [0.15, 0.2) is 36.7 Å². The Kier molecular flexibility index (Phi) is 6.88. The van der Waals surface area contributed by atoms with E-state index in [9.17, 15) is 4.79 Å². The molecule has 1 amide bonds. The molecule has 1 aromatic heterocycles. The summed E-state index contributed by atoms with van der Waals surface area (Å²) >= 11 is 0. The van der Waals surface area contributed by atoms with Crippen LogP contribution in [0.5, 0.6) is 0 Å². The molecule has 1 aromatic carbocycles. The number of hydrogen-bond donors (Lipinski definition) is 1. The summed E-state index contributed by atoms with van der Waals surface area (Å²) in [5.74, 6) is 1.38. The number of rotatable bonds is 6. The average molecular weight is 393 g/mol. The fraction of sp³-hybridized carbons (Fsp3) is 0.542. The predicted octanol–water partition coefficient (Wildman–Crippen LogP) is 4.38. The third-order valence-electron chi connectivity index (χ3n) is 6.35. The number of nitrogens with zero attached hydrogens (tertiary/aromatic N) is 3. The van der Waals surface area contributed by atoms with Gasteiger partial charge in [-0.3, -0.25) is 9.69 Å². The molecule has 0 bridgehead atoms. The first-order valence-corrected chi connectivity index (χ1v) is 11.2. The summed E-state index contributed by atoms with van der Waals surface area (Å²) in [4.78, 5) is 24.0. The molecule has 5 heteroatoms. The zero-order chi connectivity index (χ0) is 19.9. The topological polar surface area (TPSA) is 58.1 Å². The van der Waals surface area contributed by atoms with Gasteiger partial charge in [0.15, 0.2) is 0 Å². The fourth-order valence-corrected chi connectivity index (χ4v) is 4.65. The Morgan fingerprint density at radius 2 is 1.86 bits per heavy atom. The second-order valence-corrected chi connectivity index (χ2v) is 8.52. The zero-order valence-corrected chi connectivity index (χ0v) is 17.3. The minimum Gasteiger partial charge on any atom is -0.310 e. The van der Waals surface area contributed by atoms with Gasteiger partial charge in [-0.25, -0.2) is 9.97 Å². The van der Waals surface area contributed by atoms with Crippen molar-refractivity contribution in [3.8, 4) is 0 Å². The quantitative estimate of drug-likeness (QED) is 0.742. The summed E-state index contributed by atoms with van der Waals surface area (Å²) < 4.78 is 0. The Hall–Kier alpha value is -2.27. The molecular formula is C24H32N4O.